The Hall–Kier alpha value is -1.71. The van der Waals surface area contributed by atoms with E-state index in [1.807, 2.05) is 0 Å². The molecule has 1 fully saturated rings. The fraction of sp³-hybridized carbons (Fsp3) is 0.500. The van der Waals surface area contributed by atoms with Crippen molar-refractivity contribution in [3.8, 4) is 5.75 Å². The molecule has 8 nitrogen and oxygen atoms in total. The summed E-state index contributed by atoms with van der Waals surface area (Å²) in [6, 6.07) is 3.38. The Balaban J connectivity index is 2.45. The van der Waals surface area contributed by atoms with Crippen LogP contribution in [0.15, 0.2) is 23.1 Å². The first-order valence-electron chi connectivity index (χ1n) is 6.46. The molecule has 0 spiro atoms. The van der Waals surface area contributed by atoms with Crippen molar-refractivity contribution in [1.29, 1.82) is 0 Å². The van der Waals surface area contributed by atoms with E-state index >= 15 is 0 Å². The van der Waals surface area contributed by atoms with Gasteiger partial charge in [0.05, 0.1) is 16.9 Å². The lowest BCUT2D eigenvalue weighted by Crippen LogP contribution is -2.39. The van der Waals surface area contributed by atoms with E-state index in [0.29, 0.717) is 13.0 Å². The highest BCUT2D eigenvalue weighted by Gasteiger charge is 2.35. The van der Waals surface area contributed by atoms with Gasteiger partial charge in [-0.3, -0.25) is 10.1 Å². The molecule has 21 heavy (non-hydrogen) atoms. The standard InChI is InChI=1S/C12H17N3O5S/c1-20-12-5-4-10(7-11(12)15(16)17)21(18,19)14-6-2-3-9(14)8-13/h4-5,7,9H,2-3,6,8,13H2,1H3. The van der Waals surface area contributed by atoms with E-state index < -0.39 is 14.9 Å². The van der Waals surface area contributed by atoms with Crippen LogP contribution in [0, 0.1) is 10.1 Å². The number of hydrogen-bond donors (Lipinski definition) is 1. The predicted molar refractivity (Wildman–Crippen MR) is 75.6 cm³/mol. The number of nitrogens with zero attached hydrogens (tertiary/aromatic N) is 2. The minimum absolute atomic E-state index is 0.0238. The van der Waals surface area contributed by atoms with Gasteiger partial charge in [-0.25, -0.2) is 8.42 Å². The number of methoxy groups -OCH3 is 1. The number of nitrogens with two attached hydrogens (primary N) is 1. The molecule has 1 saturated heterocycles. The summed E-state index contributed by atoms with van der Waals surface area (Å²) in [5, 5.41) is 11.0. The third kappa shape index (κ3) is 2.85. The Morgan fingerprint density at radius 2 is 2.24 bits per heavy atom. The summed E-state index contributed by atoms with van der Waals surface area (Å²) in [6.07, 6.45) is 1.44. The highest BCUT2D eigenvalue weighted by molar-refractivity contribution is 7.89. The number of ether oxygens (including phenoxy) is 1. The lowest BCUT2D eigenvalue weighted by Gasteiger charge is -2.22. The number of nitro groups is 1. The second-order valence-electron chi connectivity index (χ2n) is 4.74. The smallest absolute Gasteiger partial charge is 0.312 e. The molecule has 2 N–H and O–H groups in total. The van der Waals surface area contributed by atoms with Gasteiger partial charge in [-0.05, 0) is 25.0 Å². The summed E-state index contributed by atoms with van der Waals surface area (Å²) in [4.78, 5) is 10.2. The molecule has 0 radical (unpaired) electrons. The largest absolute Gasteiger partial charge is 0.490 e. The van der Waals surface area contributed by atoms with Crippen LogP contribution in [0.3, 0.4) is 0 Å². The molecule has 1 heterocycles. The maximum atomic E-state index is 12.6. The van der Waals surface area contributed by atoms with Gasteiger partial charge in [-0.2, -0.15) is 4.31 Å². The van der Waals surface area contributed by atoms with Crippen LogP contribution in [0.2, 0.25) is 0 Å². The quantitative estimate of drug-likeness (QED) is 0.632. The minimum Gasteiger partial charge on any atom is -0.490 e. The number of benzene rings is 1. The first-order chi connectivity index (χ1) is 9.91. The van der Waals surface area contributed by atoms with Crippen molar-refractivity contribution in [2.45, 2.75) is 23.8 Å². The molecular weight excluding hydrogens is 298 g/mol. The summed E-state index contributed by atoms with van der Waals surface area (Å²) in [7, 11) is -2.49. The lowest BCUT2D eigenvalue weighted by molar-refractivity contribution is -0.386. The maximum Gasteiger partial charge on any atom is 0.312 e. The molecule has 1 aliphatic heterocycles. The molecule has 1 unspecified atom stereocenters. The first-order valence-corrected chi connectivity index (χ1v) is 7.90. The zero-order valence-electron chi connectivity index (χ0n) is 11.6. The van der Waals surface area contributed by atoms with Crippen molar-refractivity contribution in [2.24, 2.45) is 5.73 Å². The Labute approximate surface area is 122 Å². The van der Waals surface area contributed by atoms with E-state index in [-0.39, 0.29) is 28.9 Å². The topological polar surface area (TPSA) is 116 Å². The summed E-state index contributed by atoms with van der Waals surface area (Å²) >= 11 is 0. The summed E-state index contributed by atoms with van der Waals surface area (Å²) < 4.78 is 31.4. The molecule has 0 bridgehead atoms. The molecule has 116 valence electrons. The zero-order chi connectivity index (χ0) is 15.6. The van der Waals surface area contributed by atoms with E-state index in [2.05, 4.69) is 0 Å². The Morgan fingerprint density at radius 3 is 2.81 bits per heavy atom. The third-order valence-corrected chi connectivity index (χ3v) is 5.50. The van der Waals surface area contributed by atoms with Gasteiger partial charge < -0.3 is 10.5 Å². The summed E-state index contributed by atoms with van der Waals surface area (Å²) in [5.74, 6) is 0.0238. The summed E-state index contributed by atoms with van der Waals surface area (Å²) in [5.41, 5.74) is 5.22. The van der Waals surface area contributed by atoms with E-state index in [1.165, 1.54) is 23.5 Å². The Morgan fingerprint density at radius 1 is 1.52 bits per heavy atom. The molecule has 1 aromatic rings. The monoisotopic (exact) mass is 315 g/mol. The lowest BCUT2D eigenvalue weighted by atomic mass is 10.2. The molecule has 0 saturated carbocycles. The molecular formula is C12H17N3O5S. The van der Waals surface area contributed by atoms with Crippen LogP contribution in [0.1, 0.15) is 12.8 Å². The molecule has 1 atom stereocenters. The molecule has 0 aromatic heterocycles. The zero-order valence-corrected chi connectivity index (χ0v) is 12.4. The molecule has 0 amide bonds. The van der Waals surface area contributed by atoms with Crippen LogP contribution >= 0.6 is 0 Å². The fourth-order valence-corrected chi connectivity index (χ4v) is 4.19. The van der Waals surface area contributed by atoms with Gasteiger partial charge in [-0.1, -0.05) is 0 Å². The third-order valence-electron chi connectivity index (χ3n) is 3.55. The Kier molecular flexibility index (Phi) is 4.45. The first kappa shape index (κ1) is 15.7. The second-order valence-corrected chi connectivity index (χ2v) is 6.63. The molecule has 2 rings (SSSR count). The normalized spacial score (nSPS) is 19.6. The van der Waals surface area contributed by atoms with Gasteiger partial charge >= 0.3 is 5.69 Å². The van der Waals surface area contributed by atoms with E-state index in [1.54, 1.807) is 0 Å². The van der Waals surface area contributed by atoms with Crippen LogP contribution in [0.25, 0.3) is 0 Å². The average Bonchev–Trinajstić information content (AvgIpc) is 2.95. The van der Waals surface area contributed by atoms with Crippen molar-refractivity contribution < 1.29 is 18.1 Å². The van der Waals surface area contributed by atoms with Gasteiger partial charge in [0.25, 0.3) is 0 Å². The van der Waals surface area contributed by atoms with E-state index in [4.69, 9.17) is 10.5 Å². The van der Waals surface area contributed by atoms with Crippen LogP contribution in [0.5, 0.6) is 5.75 Å². The van der Waals surface area contributed by atoms with Crippen LogP contribution in [-0.4, -0.2) is 43.9 Å². The fourth-order valence-electron chi connectivity index (χ4n) is 2.47. The summed E-state index contributed by atoms with van der Waals surface area (Å²) in [6.45, 7) is 0.613. The van der Waals surface area contributed by atoms with Gasteiger partial charge in [0.1, 0.15) is 0 Å². The van der Waals surface area contributed by atoms with Crippen LogP contribution < -0.4 is 10.5 Å². The number of hydrogen-bond acceptors (Lipinski definition) is 6. The van der Waals surface area contributed by atoms with E-state index in [0.717, 1.165) is 12.5 Å². The average molecular weight is 315 g/mol. The highest BCUT2D eigenvalue weighted by Crippen LogP contribution is 2.32. The number of sulfonamides is 1. The van der Waals surface area contributed by atoms with Crippen molar-refractivity contribution in [2.75, 3.05) is 20.2 Å². The maximum absolute atomic E-state index is 12.6. The van der Waals surface area contributed by atoms with Gasteiger partial charge in [0, 0.05) is 25.2 Å². The minimum atomic E-state index is -3.79. The van der Waals surface area contributed by atoms with Crippen LogP contribution in [-0.2, 0) is 10.0 Å². The number of rotatable bonds is 5. The predicted octanol–water partition coefficient (Wildman–Crippen LogP) is 0.715. The van der Waals surface area contributed by atoms with Crippen molar-refractivity contribution >= 4 is 15.7 Å². The van der Waals surface area contributed by atoms with Crippen molar-refractivity contribution in [1.82, 2.24) is 4.31 Å². The van der Waals surface area contributed by atoms with Crippen molar-refractivity contribution in [3.05, 3.63) is 28.3 Å². The van der Waals surface area contributed by atoms with Crippen molar-refractivity contribution in [3.63, 3.8) is 0 Å². The molecule has 0 aliphatic carbocycles. The molecule has 1 aliphatic rings. The van der Waals surface area contributed by atoms with E-state index in [9.17, 15) is 18.5 Å². The second kappa shape index (κ2) is 5.96. The van der Waals surface area contributed by atoms with Gasteiger partial charge in [0.2, 0.25) is 10.0 Å². The van der Waals surface area contributed by atoms with Gasteiger partial charge in [-0.15, -0.1) is 0 Å². The Bertz CT molecular complexity index is 646. The highest BCUT2D eigenvalue weighted by atomic mass is 32.2. The molecule has 9 heteroatoms. The molecule has 1 aromatic carbocycles. The SMILES string of the molecule is COc1ccc(S(=O)(=O)N2CCCC2CN)cc1[N+](=O)[O-]. The number of nitro benzene ring substituents is 1. The van der Waals surface area contributed by atoms with Gasteiger partial charge in [0.15, 0.2) is 5.75 Å². The van der Waals surface area contributed by atoms with Crippen LogP contribution in [0.4, 0.5) is 5.69 Å².